The third-order valence-corrected chi connectivity index (χ3v) is 4.45. The van der Waals surface area contributed by atoms with E-state index in [4.69, 9.17) is 9.47 Å². The van der Waals surface area contributed by atoms with E-state index in [-0.39, 0.29) is 11.2 Å². The van der Waals surface area contributed by atoms with Crippen LogP contribution in [-0.2, 0) is 9.47 Å². The van der Waals surface area contributed by atoms with Crippen molar-refractivity contribution in [3.63, 3.8) is 0 Å². The molecule has 0 radical (unpaired) electrons. The molecule has 3 fully saturated rings. The zero-order valence-corrected chi connectivity index (χ0v) is 9.39. The maximum atomic E-state index is 6.01. The van der Waals surface area contributed by atoms with E-state index in [1.807, 2.05) is 0 Å². The molecule has 0 aromatic rings. The molecule has 1 N–H and O–H groups in total. The van der Waals surface area contributed by atoms with Gasteiger partial charge in [0.15, 0.2) is 5.79 Å². The zero-order chi connectivity index (χ0) is 10.2. The van der Waals surface area contributed by atoms with Crippen LogP contribution in [-0.4, -0.2) is 32.1 Å². The van der Waals surface area contributed by atoms with Crippen LogP contribution in [0.2, 0.25) is 0 Å². The van der Waals surface area contributed by atoms with Crippen LogP contribution in [0.3, 0.4) is 0 Å². The summed E-state index contributed by atoms with van der Waals surface area (Å²) in [6, 6.07) is 0. The molecule has 0 unspecified atom stereocenters. The van der Waals surface area contributed by atoms with Crippen LogP contribution in [0.4, 0.5) is 0 Å². The average molecular weight is 211 g/mol. The molecule has 0 aromatic heterocycles. The summed E-state index contributed by atoms with van der Waals surface area (Å²) >= 11 is 0. The van der Waals surface area contributed by atoms with Crippen LogP contribution < -0.4 is 5.32 Å². The van der Waals surface area contributed by atoms with Gasteiger partial charge in [-0.1, -0.05) is 6.42 Å². The minimum absolute atomic E-state index is 0.224. The van der Waals surface area contributed by atoms with Crippen molar-refractivity contribution in [2.45, 2.75) is 44.3 Å². The minimum atomic E-state index is -0.224. The zero-order valence-electron chi connectivity index (χ0n) is 9.39. The molecular formula is C12H21NO2. The van der Waals surface area contributed by atoms with Gasteiger partial charge in [0.2, 0.25) is 0 Å². The quantitative estimate of drug-likeness (QED) is 0.661. The summed E-state index contributed by atoms with van der Waals surface area (Å²) in [4.78, 5) is 0. The number of hydrogen-bond donors (Lipinski definition) is 1. The van der Waals surface area contributed by atoms with Crippen LogP contribution >= 0.6 is 0 Å². The van der Waals surface area contributed by atoms with E-state index in [0.29, 0.717) is 0 Å². The van der Waals surface area contributed by atoms with Crippen LogP contribution in [0.15, 0.2) is 0 Å². The van der Waals surface area contributed by atoms with Gasteiger partial charge in [-0.15, -0.1) is 0 Å². The second-order valence-electron chi connectivity index (χ2n) is 5.22. The highest BCUT2D eigenvalue weighted by Crippen LogP contribution is 2.52. The Morgan fingerprint density at radius 2 is 1.60 bits per heavy atom. The molecule has 2 spiro atoms. The molecule has 3 aliphatic rings. The summed E-state index contributed by atoms with van der Waals surface area (Å²) in [5.74, 6) is -0.224. The lowest BCUT2D eigenvalue weighted by Crippen LogP contribution is -2.58. The lowest BCUT2D eigenvalue weighted by atomic mass is 9.65. The first-order valence-corrected chi connectivity index (χ1v) is 6.36. The molecule has 0 aromatic carbocycles. The molecule has 1 saturated carbocycles. The van der Waals surface area contributed by atoms with Gasteiger partial charge in [-0.25, -0.2) is 0 Å². The summed E-state index contributed by atoms with van der Waals surface area (Å²) in [7, 11) is 0. The van der Waals surface area contributed by atoms with Crippen molar-refractivity contribution in [1.29, 1.82) is 0 Å². The maximum Gasteiger partial charge on any atom is 0.175 e. The predicted molar refractivity (Wildman–Crippen MR) is 57.6 cm³/mol. The van der Waals surface area contributed by atoms with Crippen LogP contribution in [0.1, 0.15) is 38.5 Å². The molecule has 86 valence electrons. The van der Waals surface area contributed by atoms with Gasteiger partial charge in [0.1, 0.15) is 0 Å². The fourth-order valence-corrected chi connectivity index (χ4v) is 3.69. The lowest BCUT2D eigenvalue weighted by Gasteiger charge is -2.52. The standard InChI is InChI=1S/C12H21NO2/c1-2-6-12(14-8-9-15-12)11(4-1)5-3-7-13-10-11/h13H,1-10H2/t11-/m0/s1. The van der Waals surface area contributed by atoms with E-state index in [0.717, 1.165) is 32.7 Å². The first kappa shape index (κ1) is 10.1. The fraction of sp³-hybridized carbons (Fsp3) is 1.00. The highest BCUT2D eigenvalue weighted by Gasteiger charge is 2.56. The first-order valence-electron chi connectivity index (χ1n) is 6.36. The summed E-state index contributed by atoms with van der Waals surface area (Å²) in [5, 5.41) is 3.54. The molecule has 3 nitrogen and oxygen atoms in total. The number of hydrogen-bond acceptors (Lipinski definition) is 3. The number of nitrogens with one attached hydrogen (secondary N) is 1. The van der Waals surface area contributed by atoms with E-state index >= 15 is 0 Å². The first-order chi connectivity index (χ1) is 7.37. The van der Waals surface area contributed by atoms with Crippen molar-refractivity contribution >= 4 is 0 Å². The molecule has 3 heteroatoms. The Balaban J connectivity index is 1.88. The van der Waals surface area contributed by atoms with Crippen LogP contribution in [0.5, 0.6) is 0 Å². The van der Waals surface area contributed by atoms with Gasteiger partial charge in [-0.2, -0.15) is 0 Å². The number of ether oxygens (including phenoxy) is 2. The van der Waals surface area contributed by atoms with Crippen molar-refractivity contribution in [2.75, 3.05) is 26.3 Å². The van der Waals surface area contributed by atoms with Gasteiger partial charge in [0, 0.05) is 18.4 Å². The van der Waals surface area contributed by atoms with Gasteiger partial charge < -0.3 is 14.8 Å². The van der Waals surface area contributed by atoms with E-state index in [2.05, 4.69) is 5.32 Å². The Kier molecular flexibility index (Phi) is 2.49. The smallest absolute Gasteiger partial charge is 0.175 e. The number of piperidine rings is 1. The van der Waals surface area contributed by atoms with Crippen molar-refractivity contribution in [1.82, 2.24) is 5.32 Å². The highest BCUT2D eigenvalue weighted by molar-refractivity contribution is 5.01. The summed E-state index contributed by atoms with van der Waals surface area (Å²) in [5.41, 5.74) is 0.278. The van der Waals surface area contributed by atoms with Crippen molar-refractivity contribution < 1.29 is 9.47 Å². The molecule has 2 aliphatic heterocycles. The Bertz CT molecular complexity index is 222. The SMILES string of the molecule is C1CC[C@@]2(CCCNC2)C2(C1)OCCO2. The Hall–Kier alpha value is -0.120. The topological polar surface area (TPSA) is 30.5 Å². The van der Waals surface area contributed by atoms with E-state index in [1.54, 1.807) is 0 Å². The molecule has 2 heterocycles. The van der Waals surface area contributed by atoms with Gasteiger partial charge in [0.25, 0.3) is 0 Å². The fourth-order valence-electron chi connectivity index (χ4n) is 3.69. The molecule has 0 amide bonds. The predicted octanol–water partition coefficient (Wildman–Crippen LogP) is 1.67. The third-order valence-electron chi connectivity index (χ3n) is 4.45. The molecule has 0 bridgehead atoms. The second kappa shape index (κ2) is 3.72. The van der Waals surface area contributed by atoms with Crippen LogP contribution in [0, 0.1) is 5.41 Å². The normalized spacial score (nSPS) is 40.0. The Labute approximate surface area is 91.5 Å². The minimum Gasteiger partial charge on any atom is -0.347 e. The Morgan fingerprint density at radius 1 is 0.867 bits per heavy atom. The molecule has 2 saturated heterocycles. The summed E-state index contributed by atoms with van der Waals surface area (Å²) in [6.45, 7) is 3.84. The molecule has 1 atom stereocenters. The maximum absolute atomic E-state index is 6.01. The van der Waals surface area contributed by atoms with Gasteiger partial charge in [0.05, 0.1) is 13.2 Å². The average Bonchev–Trinajstić information content (AvgIpc) is 2.75. The second-order valence-corrected chi connectivity index (χ2v) is 5.22. The lowest BCUT2D eigenvalue weighted by molar-refractivity contribution is -0.260. The summed E-state index contributed by atoms with van der Waals surface area (Å²) in [6.07, 6.45) is 7.54. The van der Waals surface area contributed by atoms with E-state index < -0.39 is 0 Å². The monoisotopic (exact) mass is 211 g/mol. The number of fused-ring (bicyclic) bond motifs is 1. The van der Waals surface area contributed by atoms with E-state index in [1.165, 1.54) is 32.1 Å². The number of rotatable bonds is 0. The molecular weight excluding hydrogens is 190 g/mol. The largest absolute Gasteiger partial charge is 0.347 e. The van der Waals surface area contributed by atoms with Gasteiger partial charge in [-0.3, -0.25) is 0 Å². The van der Waals surface area contributed by atoms with Crippen molar-refractivity contribution in [3.05, 3.63) is 0 Å². The van der Waals surface area contributed by atoms with Crippen molar-refractivity contribution in [2.24, 2.45) is 5.41 Å². The summed E-state index contributed by atoms with van der Waals surface area (Å²) < 4.78 is 12.0. The highest BCUT2D eigenvalue weighted by atomic mass is 16.7. The van der Waals surface area contributed by atoms with Gasteiger partial charge >= 0.3 is 0 Å². The third kappa shape index (κ3) is 1.44. The Morgan fingerprint density at radius 3 is 2.33 bits per heavy atom. The van der Waals surface area contributed by atoms with Crippen molar-refractivity contribution in [3.8, 4) is 0 Å². The molecule has 1 aliphatic carbocycles. The van der Waals surface area contributed by atoms with E-state index in [9.17, 15) is 0 Å². The van der Waals surface area contributed by atoms with Crippen LogP contribution in [0.25, 0.3) is 0 Å². The molecule has 15 heavy (non-hydrogen) atoms. The van der Waals surface area contributed by atoms with Gasteiger partial charge in [-0.05, 0) is 32.2 Å². The molecule has 3 rings (SSSR count).